The maximum atomic E-state index is 2.42. The van der Waals surface area contributed by atoms with Crippen molar-refractivity contribution in [2.75, 3.05) is 4.90 Å². The molecular formula is C52H36N2. The number of hydrogen-bond donors (Lipinski definition) is 0. The van der Waals surface area contributed by atoms with Crippen LogP contribution in [0.4, 0.5) is 17.1 Å². The average molecular weight is 689 g/mol. The molecule has 0 saturated heterocycles. The lowest BCUT2D eigenvalue weighted by atomic mass is 9.96. The predicted molar refractivity (Wildman–Crippen MR) is 229 cm³/mol. The lowest BCUT2D eigenvalue weighted by Crippen LogP contribution is -2.11. The molecule has 1 heterocycles. The van der Waals surface area contributed by atoms with Crippen LogP contribution >= 0.6 is 0 Å². The first-order valence-corrected chi connectivity index (χ1v) is 18.5. The molecule has 0 aliphatic heterocycles. The van der Waals surface area contributed by atoms with Crippen molar-refractivity contribution in [1.82, 2.24) is 4.57 Å². The number of nitrogens with zero attached hydrogens (tertiary/aromatic N) is 2. The minimum atomic E-state index is 1.09. The van der Waals surface area contributed by atoms with Gasteiger partial charge in [0.25, 0.3) is 0 Å². The zero-order valence-electron chi connectivity index (χ0n) is 29.7. The first-order chi connectivity index (χ1) is 26.8. The highest BCUT2D eigenvalue weighted by atomic mass is 15.1. The third-order valence-electron chi connectivity index (χ3n) is 10.6. The van der Waals surface area contributed by atoms with Gasteiger partial charge in [-0.05, 0) is 93.2 Å². The van der Waals surface area contributed by atoms with Crippen LogP contribution in [0.2, 0.25) is 0 Å². The van der Waals surface area contributed by atoms with Crippen LogP contribution in [0.15, 0.2) is 218 Å². The van der Waals surface area contributed by atoms with Crippen molar-refractivity contribution in [2.24, 2.45) is 0 Å². The summed E-state index contributed by atoms with van der Waals surface area (Å²) in [4.78, 5) is 2.42. The molecule has 0 saturated carbocycles. The Bertz CT molecular complexity index is 2930. The first-order valence-electron chi connectivity index (χ1n) is 18.5. The standard InChI is InChI=1S/C52H36N2/c1-4-17-37(18-5-1)40-22-14-26-43(35-40)53(48-31-13-12-28-45(48)38-19-6-2-7-20-38)44-27-15-23-41(36-44)47-30-16-32-49-52(47)51-46-29-11-10-21-39(46)33-34-50(51)54(49)42-24-8-3-9-25-42/h1-36H. The van der Waals surface area contributed by atoms with Gasteiger partial charge in [-0.15, -0.1) is 0 Å². The second-order valence-electron chi connectivity index (χ2n) is 13.7. The highest BCUT2D eigenvalue weighted by Gasteiger charge is 2.21. The van der Waals surface area contributed by atoms with Crippen molar-refractivity contribution >= 4 is 49.6 Å². The Morgan fingerprint density at radius 2 is 0.889 bits per heavy atom. The van der Waals surface area contributed by atoms with Crippen LogP contribution in [0.3, 0.4) is 0 Å². The largest absolute Gasteiger partial charge is 0.310 e. The van der Waals surface area contributed by atoms with E-state index in [0.717, 1.165) is 22.7 Å². The second kappa shape index (κ2) is 13.4. The van der Waals surface area contributed by atoms with E-state index >= 15 is 0 Å². The van der Waals surface area contributed by atoms with E-state index in [1.807, 2.05) is 0 Å². The number of fused-ring (bicyclic) bond motifs is 5. The smallest absolute Gasteiger partial charge is 0.0547 e. The van der Waals surface area contributed by atoms with Gasteiger partial charge in [-0.25, -0.2) is 0 Å². The van der Waals surface area contributed by atoms with Crippen LogP contribution in [0.5, 0.6) is 0 Å². The fourth-order valence-corrected chi connectivity index (χ4v) is 8.15. The van der Waals surface area contributed by atoms with Gasteiger partial charge in [-0.1, -0.05) is 164 Å². The molecular weight excluding hydrogens is 653 g/mol. The quantitative estimate of drug-likeness (QED) is 0.162. The molecule has 2 nitrogen and oxygen atoms in total. The Kier molecular flexibility index (Phi) is 7.85. The Balaban J connectivity index is 1.23. The van der Waals surface area contributed by atoms with E-state index in [2.05, 4.69) is 228 Å². The number of aromatic nitrogens is 1. The van der Waals surface area contributed by atoms with Crippen molar-refractivity contribution in [3.8, 4) is 39.1 Å². The van der Waals surface area contributed by atoms with E-state index in [9.17, 15) is 0 Å². The van der Waals surface area contributed by atoms with Crippen LogP contribution in [-0.2, 0) is 0 Å². The molecule has 0 radical (unpaired) electrons. The second-order valence-corrected chi connectivity index (χ2v) is 13.7. The van der Waals surface area contributed by atoms with Crippen molar-refractivity contribution in [1.29, 1.82) is 0 Å². The predicted octanol–water partition coefficient (Wildman–Crippen LogP) is 14.4. The Labute approximate surface area is 315 Å². The van der Waals surface area contributed by atoms with Crippen LogP contribution in [0.25, 0.3) is 71.6 Å². The molecule has 10 rings (SSSR count). The fourth-order valence-electron chi connectivity index (χ4n) is 8.15. The van der Waals surface area contributed by atoms with Crippen molar-refractivity contribution < 1.29 is 0 Å². The third kappa shape index (κ3) is 5.44. The molecule has 0 spiro atoms. The molecule has 0 unspecified atom stereocenters. The average Bonchev–Trinajstić information content (AvgIpc) is 3.60. The minimum Gasteiger partial charge on any atom is -0.310 e. The molecule has 1 aromatic heterocycles. The summed E-state index contributed by atoms with van der Waals surface area (Å²) >= 11 is 0. The molecule has 9 aromatic carbocycles. The summed E-state index contributed by atoms with van der Waals surface area (Å²) in [5.74, 6) is 0. The number of anilines is 3. The van der Waals surface area contributed by atoms with E-state index in [0.29, 0.717) is 0 Å². The van der Waals surface area contributed by atoms with E-state index in [-0.39, 0.29) is 0 Å². The Morgan fingerprint density at radius 3 is 1.67 bits per heavy atom. The Hall–Kier alpha value is -7.16. The lowest BCUT2D eigenvalue weighted by Gasteiger charge is -2.29. The third-order valence-corrected chi connectivity index (χ3v) is 10.6. The maximum absolute atomic E-state index is 2.42. The van der Waals surface area contributed by atoms with Crippen molar-refractivity contribution in [2.45, 2.75) is 0 Å². The van der Waals surface area contributed by atoms with Gasteiger partial charge in [-0.2, -0.15) is 0 Å². The minimum absolute atomic E-state index is 1.09. The van der Waals surface area contributed by atoms with E-state index in [4.69, 9.17) is 0 Å². The molecule has 0 aliphatic rings. The zero-order chi connectivity index (χ0) is 35.8. The summed E-state index contributed by atoms with van der Waals surface area (Å²) in [6, 6.07) is 78.8. The molecule has 10 aromatic rings. The van der Waals surface area contributed by atoms with Crippen LogP contribution in [0.1, 0.15) is 0 Å². The molecule has 0 atom stereocenters. The molecule has 0 N–H and O–H groups in total. The maximum Gasteiger partial charge on any atom is 0.0547 e. The molecule has 0 aliphatic carbocycles. The van der Waals surface area contributed by atoms with Gasteiger partial charge in [0.15, 0.2) is 0 Å². The van der Waals surface area contributed by atoms with E-state index < -0.39 is 0 Å². The summed E-state index contributed by atoms with van der Waals surface area (Å²) in [6.45, 7) is 0. The molecule has 54 heavy (non-hydrogen) atoms. The zero-order valence-corrected chi connectivity index (χ0v) is 29.7. The highest BCUT2D eigenvalue weighted by Crippen LogP contribution is 2.45. The monoisotopic (exact) mass is 688 g/mol. The fraction of sp³-hybridized carbons (Fsp3) is 0. The SMILES string of the molecule is c1ccc(-c2cccc(N(c3cccc(-c4cccc5c4c4c6ccccc6ccc4n5-c4ccccc4)c3)c3ccccc3-c3ccccc3)c2)cc1. The number of hydrogen-bond acceptors (Lipinski definition) is 1. The number of rotatable bonds is 7. The van der Waals surface area contributed by atoms with Gasteiger partial charge < -0.3 is 9.47 Å². The summed E-state index contributed by atoms with van der Waals surface area (Å²) in [7, 11) is 0. The summed E-state index contributed by atoms with van der Waals surface area (Å²) in [5.41, 5.74) is 14.0. The van der Waals surface area contributed by atoms with Crippen LogP contribution < -0.4 is 4.90 Å². The van der Waals surface area contributed by atoms with Crippen LogP contribution in [-0.4, -0.2) is 4.57 Å². The normalized spacial score (nSPS) is 11.3. The summed E-state index contributed by atoms with van der Waals surface area (Å²) < 4.78 is 2.42. The van der Waals surface area contributed by atoms with Gasteiger partial charge in [0.2, 0.25) is 0 Å². The molecule has 0 bridgehead atoms. The van der Waals surface area contributed by atoms with E-state index in [1.165, 1.54) is 66.0 Å². The van der Waals surface area contributed by atoms with Gasteiger partial charge in [0.05, 0.1) is 16.7 Å². The van der Waals surface area contributed by atoms with Gasteiger partial charge >= 0.3 is 0 Å². The van der Waals surface area contributed by atoms with Gasteiger partial charge in [0.1, 0.15) is 0 Å². The Morgan fingerprint density at radius 1 is 0.333 bits per heavy atom. The topological polar surface area (TPSA) is 8.17 Å². The van der Waals surface area contributed by atoms with Gasteiger partial charge in [-0.3, -0.25) is 0 Å². The number of benzene rings is 9. The van der Waals surface area contributed by atoms with Crippen molar-refractivity contribution in [3.63, 3.8) is 0 Å². The molecule has 0 amide bonds. The van der Waals surface area contributed by atoms with Gasteiger partial charge in [0, 0.05) is 33.4 Å². The van der Waals surface area contributed by atoms with Crippen molar-refractivity contribution in [3.05, 3.63) is 218 Å². The summed E-state index contributed by atoms with van der Waals surface area (Å²) in [6.07, 6.45) is 0. The lowest BCUT2D eigenvalue weighted by molar-refractivity contribution is 1.18. The molecule has 254 valence electrons. The first kappa shape index (κ1) is 31.6. The molecule has 2 heteroatoms. The molecule has 0 fully saturated rings. The van der Waals surface area contributed by atoms with Crippen LogP contribution in [0, 0.1) is 0 Å². The van der Waals surface area contributed by atoms with E-state index in [1.54, 1.807) is 0 Å². The highest BCUT2D eigenvalue weighted by molar-refractivity contribution is 6.25. The number of para-hydroxylation sites is 2. The summed E-state index contributed by atoms with van der Waals surface area (Å²) in [5, 5.41) is 5.03.